The first-order chi connectivity index (χ1) is 7.11. The van der Waals surface area contributed by atoms with Gasteiger partial charge < -0.3 is 15.4 Å². The molecule has 1 unspecified atom stereocenters. The molecule has 1 atom stereocenters. The van der Waals surface area contributed by atoms with Crippen molar-refractivity contribution in [1.82, 2.24) is 4.90 Å². The van der Waals surface area contributed by atoms with Gasteiger partial charge in [0.1, 0.15) is 0 Å². The maximum absolute atomic E-state index is 11.6. The number of nitrogens with zero attached hydrogens (tertiary/aromatic N) is 1. The Hall–Kier alpha value is -0.610. The van der Waals surface area contributed by atoms with Crippen LogP contribution < -0.4 is 5.73 Å². The van der Waals surface area contributed by atoms with Gasteiger partial charge in [0.25, 0.3) is 0 Å². The summed E-state index contributed by atoms with van der Waals surface area (Å²) < 4.78 is 5.18. The highest BCUT2D eigenvalue weighted by Gasteiger charge is 2.12. The number of likely N-dealkylation sites (N-methyl/N-ethyl adjacent to an activating group) is 1. The maximum Gasteiger partial charge on any atom is 0.223 e. The van der Waals surface area contributed by atoms with Gasteiger partial charge in [0.15, 0.2) is 0 Å². The van der Waals surface area contributed by atoms with Gasteiger partial charge in [0.05, 0.1) is 6.61 Å². The Kier molecular flexibility index (Phi) is 8.33. The summed E-state index contributed by atoms with van der Waals surface area (Å²) in [6, 6.07) is -0.00274. The quantitative estimate of drug-likeness (QED) is 0.616. The summed E-state index contributed by atoms with van der Waals surface area (Å²) in [6.07, 6.45) is 2.37. The third-order valence-electron chi connectivity index (χ3n) is 2.30. The highest BCUT2D eigenvalue weighted by atomic mass is 16.5. The zero-order valence-corrected chi connectivity index (χ0v) is 10.2. The van der Waals surface area contributed by atoms with E-state index in [-0.39, 0.29) is 11.9 Å². The summed E-state index contributed by atoms with van der Waals surface area (Å²) in [5, 5.41) is 0. The molecule has 0 aromatic rings. The van der Waals surface area contributed by atoms with Gasteiger partial charge in [0.2, 0.25) is 5.91 Å². The van der Waals surface area contributed by atoms with Crippen molar-refractivity contribution >= 4 is 5.91 Å². The van der Waals surface area contributed by atoms with E-state index in [0.717, 1.165) is 12.8 Å². The molecule has 0 saturated carbocycles. The molecule has 0 aliphatic rings. The number of ether oxygens (including phenoxy) is 1. The number of hydrogen-bond donors (Lipinski definition) is 1. The molecule has 0 heterocycles. The summed E-state index contributed by atoms with van der Waals surface area (Å²) >= 11 is 0. The van der Waals surface area contributed by atoms with Crippen molar-refractivity contribution in [3.8, 4) is 0 Å². The molecule has 0 aromatic carbocycles. The lowest BCUT2D eigenvalue weighted by atomic mass is 10.1. The minimum absolute atomic E-state index is 0.00274. The lowest BCUT2D eigenvalue weighted by Gasteiger charge is -2.19. The zero-order valence-electron chi connectivity index (χ0n) is 10.2. The van der Waals surface area contributed by atoms with Gasteiger partial charge in [-0.05, 0) is 13.3 Å². The van der Waals surface area contributed by atoms with Crippen LogP contribution >= 0.6 is 0 Å². The summed E-state index contributed by atoms with van der Waals surface area (Å²) in [7, 11) is 1.79. The van der Waals surface area contributed by atoms with Crippen molar-refractivity contribution < 1.29 is 9.53 Å². The van der Waals surface area contributed by atoms with Crippen LogP contribution in [0.2, 0.25) is 0 Å². The summed E-state index contributed by atoms with van der Waals surface area (Å²) in [5.41, 5.74) is 5.80. The van der Waals surface area contributed by atoms with Crippen molar-refractivity contribution in [2.45, 2.75) is 39.2 Å². The molecule has 0 aliphatic carbocycles. The van der Waals surface area contributed by atoms with Gasteiger partial charge in [0, 0.05) is 32.7 Å². The normalized spacial score (nSPS) is 12.5. The van der Waals surface area contributed by atoms with Crippen LogP contribution in [-0.2, 0) is 9.53 Å². The number of nitrogens with two attached hydrogens (primary N) is 1. The topological polar surface area (TPSA) is 55.6 Å². The number of amides is 1. The summed E-state index contributed by atoms with van der Waals surface area (Å²) in [5.74, 6) is 0.107. The van der Waals surface area contributed by atoms with Gasteiger partial charge >= 0.3 is 0 Å². The molecule has 1 amide bonds. The van der Waals surface area contributed by atoms with E-state index in [1.807, 2.05) is 6.92 Å². The fourth-order valence-electron chi connectivity index (χ4n) is 1.32. The number of carbonyl (C=O) groups is 1. The standard InChI is InChI=1S/C11H24N2O2/c1-4-6-10(12)9-11(14)13(3)7-8-15-5-2/h10H,4-9,12H2,1-3H3. The van der Waals surface area contributed by atoms with E-state index >= 15 is 0 Å². The molecule has 0 radical (unpaired) electrons. The molecule has 0 rings (SSSR count). The largest absolute Gasteiger partial charge is 0.380 e. The van der Waals surface area contributed by atoms with E-state index in [4.69, 9.17) is 10.5 Å². The van der Waals surface area contributed by atoms with Crippen LogP contribution in [0.25, 0.3) is 0 Å². The molecular formula is C11H24N2O2. The second kappa shape index (κ2) is 8.68. The van der Waals surface area contributed by atoms with Crippen molar-refractivity contribution in [2.24, 2.45) is 5.73 Å². The molecule has 0 spiro atoms. The van der Waals surface area contributed by atoms with Crippen LogP contribution in [0, 0.1) is 0 Å². The van der Waals surface area contributed by atoms with Crippen molar-refractivity contribution in [2.75, 3.05) is 26.8 Å². The molecule has 2 N–H and O–H groups in total. The van der Waals surface area contributed by atoms with Gasteiger partial charge in [-0.15, -0.1) is 0 Å². The maximum atomic E-state index is 11.6. The van der Waals surface area contributed by atoms with Crippen LogP contribution in [0.5, 0.6) is 0 Å². The molecular weight excluding hydrogens is 192 g/mol. The minimum Gasteiger partial charge on any atom is -0.380 e. The molecule has 0 saturated heterocycles. The van der Waals surface area contributed by atoms with E-state index < -0.39 is 0 Å². The first kappa shape index (κ1) is 14.4. The predicted molar refractivity (Wildman–Crippen MR) is 61.6 cm³/mol. The van der Waals surface area contributed by atoms with Gasteiger partial charge in [-0.1, -0.05) is 13.3 Å². The fourth-order valence-corrected chi connectivity index (χ4v) is 1.32. The SMILES string of the molecule is CCCC(N)CC(=O)N(C)CCOCC. The number of carbonyl (C=O) groups excluding carboxylic acids is 1. The van der Waals surface area contributed by atoms with Crippen LogP contribution in [0.15, 0.2) is 0 Å². The van der Waals surface area contributed by atoms with E-state index in [2.05, 4.69) is 6.92 Å². The number of hydrogen-bond acceptors (Lipinski definition) is 3. The Labute approximate surface area is 92.8 Å². The molecule has 4 heteroatoms. The first-order valence-electron chi connectivity index (χ1n) is 5.69. The van der Waals surface area contributed by atoms with Crippen molar-refractivity contribution in [1.29, 1.82) is 0 Å². The van der Waals surface area contributed by atoms with Gasteiger partial charge in [-0.2, -0.15) is 0 Å². The third-order valence-corrected chi connectivity index (χ3v) is 2.30. The monoisotopic (exact) mass is 216 g/mol. The molecule has 0 fully saturated rings. The van der Waals surface area contributed by atoms with E-state index in [0.29, 0.717) is 26.2 Å². The molecule has 90 valence electrons. The van der Waals surface area contributed by atoms with Crippen LogP contribution in [0.1, 0.15) is 33.1 Å². The lowest BCUT2D eigenvalue weighted by molar-refractivity contribution is -0.130. The van der Waals surface area contributed by atoms with Crippen LogP contribution in [0.3, 0.4) is 0 Å². The second-order valence-corrected chi connectivity index (χ2v) is 3.77. The summed E-state index contributed by atoms with van der Waals surface area (Å²) in [4.78, 5) is 13.3. The minimum atomic E-state index is -0.00274. The first-order valence-corrected chi connectivity index (χ1v) is 5.69. The fraction of sp³-hybridized carbons (Fsp3) is 0.909. The van der Waals surface area contributed by atoms with Gasteiger partial charge in [-0.25, -0.2) is 0 Å². The van der Waals surface area contributed by atoms with E-state index in [9.17, 15) is 4.79 Å². The molecule has 15 heavy (non-hydrogen) atoms. The zero-order chi connectivity index (χ0) is 11.7. The van der Waals surface area contributed by atoms with E-state index in [1.54, 1.807) is 11.9 Å². The lowest BCUT2D eigenvalue weighted by Crippen LogP contribution is -2.35. The van der Waals surface area contributed by atoms with Crippen LogP contribution in [-0.4, -0.2) is 43.7 Å². The summed E-state index contributed by atoms with van der Waals surface area (Å²) in [6.45, 7) is 5.95. The van der Waals surface area contributed by atoms with Crippen molar-refractivity contribution in [3.63, 3.8) is 0 Å². The molecule has 0 bridgehead atoms. The average Bonchev–Trinajstić information content (AvgIpc) is 2.18. The molecule has 0 aliphatic heterocycles. The van der Waals surface area contributed by atoms with Gasteiger partial charge in [-0.3, -0.25) is 4.79 Å². The Bertz CT molecular complexity index is 174. The Balaban J connectivity index is 3.68. The predicted octanol–water partition coefficient (Wildman–Crippen LogP) is 0.999. The van der Waals surface area contributed by atoms with E-state index in [1.165, 1.54) is 0 Å². The Morgan fingerprint density at radius 2 is 2.13 bits per heavy atom. The third kappa shape index (κ3) is 7.33. The Morgan fingerprint density at radius 1 is 1.47 bits per heavy atom. The Morgan fingerprint density at radius 3 is 2.67 bits per heavy atom. The molecule has 4 nitrogen and oxygen atoms in total. The number of rotatable bonds is 8. The van der Waals surface area contributed by atoms with Crippen molar-refractivity contribution in [3.05, 3.63) is 0 Å². The van der Waals surface area contributed by atoms with Crippen LogP contribution in [0.4, 0.5) is 0 Å². The highest BCUT2D eigenvalue weighted by molar-refractivity contribution is 5.76. The highest BCUT2D eigenvalue weighted by Crippen LogP contribution is 2.01. The average molecular weight is 216 g/mol. The second-order valence-electron chi connectivity index (χ2n) is 3.77. The molecule has 0 aromatic heterocycles. The smallest absolute Gasteiger partial charge is 0.223 e.